The molecule has 8 nitrogen and oxygen atoms in total. The van der Waals surface area contributed by atoms with E-state index in [1.807, 2.05) is 11.1 Å². The third-order valence-corrected chi connectivity index (χ3v) is 3.89. The smallest absolute Gasteiger partial charge is 0.295 e. The topological polar surface area (TPSA) is 126 Å². The van der Waals surface area contributed by atoms with Gasteiger partial charge >= 0.3 is 5.69 Å². The molecular formula is C11H7ClN4O4S. The molecule has 0 aliphatic heterocycles. The van der Waals surface area contributed by atoms with Crippen LogP contribution in [0.5, 0.6) is 0 Å². The van der Waals surface area contributed by atoms with Gasteiger partial charge in [-0.15, -0.1) is 0 Å². The second-order valence-electron chi connectivity index (χ2n) is 3.94. The first kappa shape index (κ1) is 15.0. The van der Waals surface area contributed by atoms with Gasteiger partial charge in [0.2, 0.25) is 0 Å². The van der Waals surface area contributed by atoms with Crippen LogP contribution in [0, 0.1) is 11.3 Å². The molecule has 0 fully saturated rings. The highest BCUT2D eigenvalue weighted by molar-refractivity contribution is 8.13. The van der Waals surface area contributed by atoms with Gasteiger partial charge in [0, 0.05) is 28.6 Å². The SMILES string of the molecule is N#Cc1ncccc1Cn1cc(S(=O)(=O)Cl)c(=O)[nH]c1=O. The molecule has 0 saturated heterocycles. The average Bonchev–Trinajstić information content (AvgIpc) is 2.41. The Balaban J connectivity index is 2.59. The first-order valence-electron chi connectivity index (χ1n) is 5.45. The molecule has 0 unspecified atom stereocenters. The quantitative estimate of drug-likeness (QED) is 0.777. The number of nitrogens with one attached hydrogen (secondary N) is 1. The Morgan fingerprint density at radius 3 is 2.76 bits per heavy atom. The highest BCUT2D eigenvalue weighted by atomic mass is 35.7. The Kier molecular flexibility index (Phi) is 3.93. The van der Waals surface area contributed by atoms with Crippen molar-refractivity contribution >= 4 is 19.7 Å². The summed E-state index contributed by atoms with van der Waals surface area (Å²) >= 11 is 0. The van der Waals surface area contributed by atoms with E-state index >= 15 is 0 Å². The van der Waals surface area contributed by atoms with E-state index in [0.717, 1.165) is 10.8 Å². The summed E-state index contributed by atoms with van der Waals surface area (Å²) in [7, 11) is 0.829. The summed E-state index contributed by atoms with van der Waals surface area (Å²) in [5.41, 5.74) is -1.44. The largest absolute Gasteiger partial charge is 0.328 e. The molecule has 21 heavy (non-hydrogen) atoms. The van der Waals surface area contributed by atoms with Crippen LogP contribution in [0.3, 0.4) is 0 Å². The molecular weight excluding hydrogens is 320 g/mol. The van der Waals surface area contributed by atoms with E-state index in [2.05, 4.69) is 4.98 Å². The molecule has 0 radical (unpaired) electrons. The fourth-order valence-corrected chi connectivity index (χ4v) is 2.49. The lowest BCUT2D eigenvalue weighted by Crippen LogP contribution is -2.32. The van der Waals surface area contributed by atoms with Crippen LogP contribution in [0.1, 0.15) is 11.3 Å². The molecule has 1 N–H and O–H groups in total. The van der Waals surface area contributed by atoms with Crippen molar-refractivity contribution in [3.63, 3.8) is 0 Å². The molecule has 0 aromatic carbocycles. The molecule has 2 aromatic heterocycles. The molecule has 108 valence electrons. The summed E-state index contributed by atoms with van der Waals surface area (Å²) in [4.78, 5) is 28.0. The molecule has 0 bridgehead atoms. The normalized spacial score (nSPS) is 11.0. The van der Waals surface area contributed by atoms with E-state index in [1.165, 1.54) is 6.20 Å². The highest BCUT2D eigenvalue weighted by Gasteiger charge is 2.17. The Hall–Kier alpha value is -2.44. The molecule has 0 aliphatic rings. The minimum Gasteiger partial charge on any atom is -0.295 e. The van der Waals surface area contributed by atoms with Crippen LogP contribution in [-0.4, -0.2) is 23.0 Å². The predicted molar refractivity (Wildman–Crippen MR) is 72.4 cm³/mol. The molecule has 2 heterocycles. The fourth-order valence-electron chi connectivity index (χ4n) is 1.63. The fraction of sp³-hybridized carbons (Fsp3) is 0.0909. The Bertz CT molecular complexity index is 955. The second-order valence-corrected chi connectivity index (χ2v) is 6.48. The zero-order valence-electron chi connectivity index (χ0n) is 10.3. The van der Waals surface area contributed by atoms with E-state index in [0.29, 0.717) is 5.56 Å². The number of halogens is 1. The third-order valence-electron chi connectivity index (χ3n) is 2.58. The monoisotopic (exact) mass is 326 g/mol. The van der Waals surface area contributed by atoms with Gasteiger partial charge in [-0.1, -0.05) is 6.07 Å². The third kappa shape index (κ3) is 3.18. The zero-order chi connectivity index (χ0) is 15.6. The number of aromatic amines is 1. The van der Waals surface area contributed by atoms with Crippen LogP contribution in [0.25, 0.3) is 0 Å². The summed E-state index contributed by atoms with van der Waals surface area (Å²) in [5.74, 6) is 0. The number of hydrogen-bond donors (Lipinski definition) is 1. The van der Waals surface area contributed by atoms with Crippen molar-refractivity contribution in [2.45, 2.75) is 11.4 Å². The molecule has 2 rings (SSSR count). The van der Waals surface area contributed by atoms with Gasteiger partial charge in [0.05, 0.1) is 6.54 Å². The number of rotatable bonds is 3. The molecule has 2 aromatic rings. The van der Waals surface area contributed by atoms with E-state index in [4.69, 9.17) is 15.9 Å². The molecule has 0 atom stereocenters. The predicted octanol–water partition coefficient (Wildman–Crippen LogP) is -0.221. The Labute approximate surface area is 122 Å². The Morgan fingerprint density at radius 1 is 1.43 bits per heavy atom. The van der Waals surface area contributed by atoms with Crippen LogP contribution >= 0.6 is 10.7 Å². The van der Waals surface area contributed by atoms with E-state index in [1.54, 1.807) is 12.1 Å². The van der Waals surface area contributed by atoms with Crippen LogP contribution in [0.4, 0.5) is 0 Å². The van der Waals surface area contributed by atoms with Crippen LogP contribution in [-0.2, 0) is 15.6 Å². The lowest BCUT2D eigenvalue weighted by molar-refractivity contribution is 0.603. The van der Waals surface area contributed by atoms with Gasteiger partial charge in [-0.3, -0.25) is 14.3 Å². The van der Waals surface area contributed by atoms with Crippen molar-refractivity contribution < 1.29 is 8.42 Å². The minimum absolute atomic E-state index is 0.0888. The molecule has 0 spiro atoms. The molecule has 0 saturated carbocycles. The van der Waals surface area contributed by atoms with Gasteiger partial charge in [-0.25, -0.2) is 18.2 Å². The zero-order valence-corrected chi connectivity index (χ0v) is 11.8. The summed E-state index contributed by atoms with van der Waals surface area (Å²) < 4.78 is 23.4. The molecule has 0 aliphatic carbocycles. The lowest BCUT2D eigenvalue weighted by atomic mass is 10.2. The van der Waals surface area contributed by atoms with Gasteiger partial charge in [0.1, 0.15) is 11.8 Å². The second kappa shape index (κ2) is 5.51. The van der Waals surface area contributed by atoms with Crippen molar-refractivity contribution in [3.05, 3.63) is 56.6 Å². The van der Waals surface area contributed by atoms with Gasteiger partial charge in [0.25, 0.3) is 14.6 Å². The molecule has 0 amide bonds. The van der Waals surface area contributed by atoms with Crippen molar-refractivity contribution in [3.8, 4) is 6.07 Å². The first-order chi connectivity index (χ1) is 9.82. The summed E-state index contributed by atoms with van der Waals surface area (Å²) in [5, 5.41) is 8.92. The van der Waals surface area contributed by atoms with Gasteiger partial charge in [0.15, 0.2) is 4.90 Å². The summed E-state index contributed by atoms with van der Waals surface area (Å²) in [6.07, 6.45) is 2.24. The van der Waals surface area contributed by atoms with Gasteiger partial charge in [-0.2, -0.15) is 5.26 Å². The number of nitriles is 1. The number of pyridine rings is 1. The maximum Gasteiger partial charge on any atom is 0.328 e. The number of hydrogen-bond acceptors (Lipinski definition) is 6. The van der Waals surface area contributed by atoms with Crippen LogP contribution < -0.4 is 11.2 Å². The van der Waals surface area contributed by atoms with Crippen molar-refractivity contribution in [1.29, 1.82) is 5.26 Å². The number of nitrogens with zero attached hydrogens (tertiary/aromatic N) is 3. The summed E-state index contributed by atoms with van der Waals surface area (Å²) in [6, 6.07) is 4.96. The van der Waals surface area contributed by atoms with Gasteiger partial charge in [-0.05, 0) is 6.07 Å². The first-order valence-corrected chi connectivity index (χ1v) is 7.76. The average molecular weight is 327 g/mol. The highest BCUT2D eigenvalue weighted by Crippen LogP contribution is 2.09. The van der Waals surface area contributed by atoms with Crippen molar-refractivity contribution in [2.75, 3.05) is 0 Å². The maximum absolute atomic E-state index is 11.7. The van der Waals surface area contributed by atoms with Crippen LogP contribution in [0.2, 0.25) is 0 Å². The minimum atomic E-state index is -4.29. The standard InChI is InChI=1S/C11H7ClN4O4S/c12-21(19,20)9-6-16(11(18)15-10(9)17)5-7-2-1-3-14-8(7)4-13/h1-3,6H,5H2,(H,15,17,18). The summed E-state index contributed by atoms with van der Waals surface area (Å²) in [6.45, 7) is -0.133. The van der Waals surface area contributed by atoms with Gasteiger partial charge < -0.3 is 0 Å². The lowest BCUT2D eigenvalue weighted by Gasteiger charge is -2.07. The van der Waals surface area contributed by atoms with E-state index in [-0.39, 0.29) is 12.2 Å². The van der Waals surface area contributed by atoms with Crippen molar-refractivity contribution in [1.82, 2.24) is 14.5 Å². The van der Waals surface area contributed by atoms with E-state index < -0.39 is 25.2 Å². The number of H-pyrrole nitrogens is 1. The number of aromatic nitrogens is 3. The maximum atomic E-state index is 11.7. The molecule has 10 heteroatoms. The van der Waals surface area contributed by atoms with Crippen LogP contribution in [0.15, 0.2) is 39.0 Å². The Morgan fingerprint density at radius 2 is 2.14 bits per heavy atom. The van der Waals surface area contributed by atoms with E-state index in [9.17, 15) is 18.0 Å². The van der Waals surface area contributed by atoms with Crippen molar-refractivity contribution in [2.24, 2.45) is 0 Å².